The number of likely N-dealkylation sites (N-methyl/N-ethyl adjacent to an activating group) is 1. The molecule has 0 spiro atoms. The van der Waals surface area contributed by atoms with E-state index in [-0.39, 0.29) is 5.91 Å². The molecule has 0 heterocycles. The van der Waals surface area contributed by atoms with Gasteiger partial charge in [0.15, 0.2) is 0 Å². The van der Waals surface area contributed by atoms with Crippen molar-refractivity contribution < 1.29 is 9.59 Å². The number of nitrogens with one attached hydrogen (secondary N) is 2. The summed E-state index contributed by atoms with van der Waals surface area (Å²) in [5.41, 5.74) is 3.27. The molecule has 0 radical (unpaired) electrons. The summed E-state index contributed by atoms with van der Waals surface area (Å²) in [6.07, 6.45) is 1.02. The van der Waals surface area contributed by atoms with Crippen LogP contribution in [0.4, 0.5) is 0 Å². The van der Waals surface area contributed by atoms with Crippen molar-refractivity contribution in [2.75, 3.05) is 7.05 Å². The Balaban J connectivity index is 2.11. The van der Waals surface area contributed by atoms with E-state index in [1.165, 1.54) is 0 Å². The molecule has 2 aromatic carbocycles. The Hall–Kier alpha value is -2.62. The second kappa shape index (κ2) is 7.24. The highest BCUT2D eigenvalue weighted by molar-refractivity contribution is 5.83. The van der Waals surface area contributed by atoms with E-state index in [4.69, 9.17) is 0 Å². The largest absolute Gasteiger partial charge is 0.357 e. The predicted octanol–water partition coefficient (Wildman–Crippen LogP) is 1.76. The molecule has 0 aliphatic rings. The molecule has 21 heavy (non-hydrogen) atoms. The van der Waals surface area contributed by atoms with Gasteiger partial charge >= 0.3 is 0 Å². The summed E-state index contributed by atoms with van der Waals surface area (Å²) in [7, 11) is 1.56. The fourth-order valence-electron chi connectivity index (χ4n) is 2.18. The van der Waals surface area contributed by atoms with Gasteiger partial charge in [-0.3, -0.25) is 9.59 Å². The number of carbonyl (C=O) groups is 2. The van der Waals surface area contributed by atoms with Gasteiger partial charge in [0, 0.05) is 13.5 Å². The molecule has 0 saturated heterocycles. The lowest BCUT2D eigenvalue weighted by atomic mass is 10.0. The van der Waals surface area contributed by atoms with Crippen molar-refractivity contribution in [2.24, 2.45) is 0 Å². The molecule has 108 valence electrons. The zero-order valence-electron chi connectivity index (χ0n) is 11.9. The summed E-state index contributed by atoms with van der Waals surface area (Å²) in [5, 5.41) is 5.08. The Bertz CT molecular complexity index is 594. The van der Waals surface area contributed by atoms with Crippen molar-refractivity contribution in [3.63, 3.8) is 0 Å². The third kappa shape index (κ3) is 3.92. The van der Waals surface area contributed by atoms with Gasteiger partial charge in [-0.2, -0.15) is 0 Å². The molecular formula is C17H18N2O2. The number of hydrogen-bond donors (Lipinski definition) is 2. The van der Waals surface area contributed by atoms with Crippen molar-refractivity contribution >= 4 is 12.3 Å². The predicted molar refractivity (Wildman–Crippen MR) is 82.6 cm³/mol. The summed E-state index contributed by atoms with van der Waals surface area (Å²) < 4.78 is 0. The van der Waals surface area contributed by atoms with E-state index >= 15 is 0 Å². The molecule has 1 unspecified atom stereocenters. The van der Waals surface area contributed by atoms with Crippen LogP contribution in [0.5, 0.6) is 0 Å². The van der Waals surface area contributed by atoms with E-state index in [1.54, 1.807) is 7.05 Å². The molecule has 2 amide bonds. The van der Waals surface area contributed by atoms with E-state index in [1.807, 2.05) is 42.5 Å². The maximum atomic E-state index is 11.7. The van der Waals surface area contributed by atoms with Gasteiger partial charge in [0.2, 0.25) is 12.3 Å². The molecule has 2 N–H and O–H groups in total. The van der Waals surface area contributed by atoms with E-state index in [9.17, 15) is 9.59 Å². The third-order valence-electron chi connectivity index (χ3n) is 3.33. The van der Waals surface area contributed by atoms with Gasteiger partial charge in [-0.1, -0.05) is 54.6 Å². The van der Waals surface area contributed by atoms with Crippen LogP contribution in [-0.4, -0.2) is 25.4 Å². The Kier molecular flexibility index (Phi) is 5.10. The van der Waals surface area contributed by atoms with Crippen LogP contribution < -0.4 is 10.6 Å². The van der Waals surface area contributed by atoms with Crippen LogP contribution in [-0.2, 0) is 16.0 Å². The fourth-order valence-corrected chi connectivity index (χ4v) is 2.18. The van der Waals surface area contributed by atoms with Gasteiger partial charge in [-0.05, 0) is 16.7 Å². The van der Waals surface area contributed by atoms with Crippen molar-refractivity contribution in [3.8, 4) is 11.1 Å². The molecule has 2 aromatic rings. The Morgan fingerprint density at radius 1 is 1.05 bits per heavy atom. The van der Waals surface area contributed by atoms with E-state index in [0.717, 1.165) is 16.7 Å². The summed E-state index contributed by atoms with van der Waals surface area (Å²) in [4.78, 5) is 22.2. The monoisotopic (exact) mass is 282 g/mol. The first-order valence-electron chi connectivity index (χ1n) is 6.80. The van der Waals surface area contributed by atoms with Crippen LogP contribution in [0.3, 0.4) is 0 Å². The minimum absolute atomic E-state index is 0.200. The first kappa shape index (κ1) is 14.8. The highest BCUT2D eigenvalue weighted by Gasteiger charge is 2.16. The molecule has 0 aliphatic carbocycles. The van der Waals surface area contributed by atoms with E-state index in [2.05, 4.69) is 22.8 Å². The Morgan fingerprint density at radius 2 is 1.67 bits per heavy atom. The second-order valence-electron chi connectivity index (χ2n) is 4.72. The molecular weight excluding hydrogens is 264 g/mol. The molecule has 0 fully saturated rings. The minimum Gasteiger partial charge on any atom is -0.357 e. The van der Waals surface area contributed by atoms with Crippen molar-refractivity contribution in [2.45, 2.75) is 12.5 Å². The maximum absolute atomic E-state index is 11.7. The standard InChI is InChI=1S/C17H18N2O2/c1-18-17(21)16(19-12-20)11-13-7-9-15(10-8-13)14-5-3-2-4-6-14/h2-10,12,16H,11H2,1H3,(H,18,21)(H,19,20). The van der Waals surface area contributed by atoms with Crippen LogP contribution >= 0.6 is 0 Å². The van der Waals surface area contributed by atoms with E-state index < -0.39 is 6.04 Å². The Labute approximate surface area is 124 Å². The average Bonchev–Trinajstić information content (AvgIpc) is 2.55. The molecule has 1 atom stereocenters. The average molecular weight is 282 g/mol. The first-order valence-corrected chi connectivity index (χ1v) is 6.80. The molecule has 4 heteroatoms. The molecule has 2 rings (SSSR count). The van der Waals surface area contributed by atoms with Crippen LogP contribution in [0, 0.1) is 0 Å². The molecule has 0 aromatic heterocycles. The summed E-state index contributed by atoms with van der Waals surface area (Å²) in [6, 6.07) is 17.5. The smallest absolute Gasteiger partial charge is 0.242 e. The van der Waals surface area contributed by atoms with Gasteiger partial charge in [-0.25, -0.2) is 0 Å². The third-order valence-corrected chi connectivity index (χ3v) is 3.33. The lowest BCUT2D eigenvalue weighted by molar-refractivity contribution is -0.124. The lowest BCUT2D eigenvalue weighted by Crippen LogP contribution is -2.43. The number of benzene rings is 2. The first-order chi connectivity index (χ1) is 10.2. The fraction of sp³-hybridized carbons (Fsp3) is 0.176. The highest BCUT2D eigenvalue weighted by Crippen LogP contribution is 2.19. The number of hydrogen-bond acceptors (Lipinski definition) is 2. The molecule has 0 bridgehead atoms. The van der Waals surface area contributed by atoms with Gasteiger partial charge in [-0.15, -0.1) is 0 Å². The maximum Gasteiger partial charge on any atom is 0.242 e. The molecule has 0 aliphatic heterocycles. The van der Waals surface area contributed by atoms with Crippen LogP contribution in [0.25, 0.3) is 11.1 Å². The van der Waals surface area contributed by atoms with Crippen molar-refractivity contribution in [3.05, 3.63) is 60.2 Å². The number of amides is 2. The Morgan fingerprint density at radius 3 is 2.24 bits per heavy atom. The van der Waals surface area contributed by atoms with Crippen LogP contribution in [0.1, 0.15) is 5.56 Å². The van der Waals surface area contributed by atoms with E-state index in [0.29, 0.717) is 12.8 Å². The number of carbonyl (C=O) groups excluding carboxylic acids is 2. The SMILES string of the molecule is CNC(=O)C(Cc1ccc(-c2ccccc2)cc1)NC=O. The van der Waals surface area contributed by atoms with Gasteiger partial charge in [0.25, 0.3) is 0 Å². The zero-order chi connectivity index (χ0) is 15.1. The normalized spacial score (nSPS) is 11.5. The quantitative estimate of drug-likeness (QED) is 0.793. The number of rotatable bonds is 6. The van der Waals surface area contributed by atoms with Crippen LogP contribution in [0.15, 0.2) is 54.6 Å². The van der Waals surface area contributed by atoms with Gasteiger partial charge < -0.3 is 10.6 Å². The summed E-state index contributed by atoms with van der Waals surface area (Å²) in [6.45, 7) is 0. The lowest BCUT2D eigenvalue weighted by Gasteiger charge is -2.14. The second-order valence-corrected chi connectivity index (χ2v) is 4.72. The van der Waals surface area contributed by atoms with Crippen molar-refractivity contribution in [1.29, 1.82) is 0 Å². The van der Waals surface area contributed by atoms with Crippen LogP contribution in [0.2, 0.25) is 0 Å². The summed E-state index contributed by atoms with van der Waals surface area (Å²) >= 11 is 0. The van der Waals surface area contributed by atoms with Crippen molar-refractivity contribution in [1.82, 2.24) is 10.6 Å². The van der Waals surface area contributed by atoms with Gasteiger partial charge in [0.05, 0.1) is 0 Å². The van der Waals surface area contributed by atoms with Gasteiger partial charge in [0.1, 0.15) is 6.04 Å². The zero-order valence-corrected chi connectivity index (χ0v) is 11.9. The topological polar surface area (TPSA) is 58.2 Å². The minimum atomic E-state index is -0.546. The summed E-state index contributed by atoms with van der Waals surface area (Å²) in [5.74, 6) is -0.200. The molecule has 4 nitrogen and oxygen atoms in total. The molecule has 0 saturated carbocycles. The highest BCUT2D eigenvalue weighted by atomic mass is 16.2.